The maximum absolute atomic E-state index is 12.9. The van der Waals surface area contributed by atoms with Gasteiger partial charge >= 0.3 is 5.97 Å². The third-order valence-corrected chi connectivity index (χ3v) is 6.98. The molecule has 0 saturated carbocycles. The van der Waals surface area contributed by atoms with Gasteiger partial charge in [0.05, 0.1) is 10.8 Å². The Bertz CT molecular complexity index is 776. The van der Waals surface area contributed by atoms with Crippen LogP contribution in [0, 0.1) is 12.8 Å². The maximum Gasteiger partial charge on any atom is 0.323 e. The summed E-state index contributed by atoms with van der Waals surface area (Å²) in [7, 11) is -3.67. The van der Waals surface area contributed by atoms with Crippen molar-refractivity contribution in [1.29, 1.82) is 0 Å². The van der Waals surface area contributed by atoms with Crippen molar-refractivity contribution in [2.75, 3.05) is 19.6 Å². The number of nitrogens with zero attached hydrogens (tertiary/aromatic N) is 2. The third kappa shape index (κ3) is 5.07. The lowest BCUT2D eigenvalue weighted by atomic mass is 9.97. The van der Waals surface area contributed by atoms with Crippen molar-refractivity contribution in [3.8, 4) is 0 Å². The van der Waals surface area contributed by atoms with E-state index in [2.05, 4.69) is 0 Å². The van der Waals surface area contributed by atoms with Crippen LogP contribution in [0.2, 0.25) is 0 Å². The summed E-state index contributed by atoms with van der Waals surface area (Å²) in [5, 5.41) is 9.13. The molecule has 1 aromatic carbocycles. The van der Waals surface area contributed by atoms with E-state index < -0.39 is 21.9 Å². The van der Waals surface area contributed by atoms with Gasteiger partial charge in [-0.1, -0.05) is 24.6 Å². The Morgan fingerprint density at radius 1 is 1.30 bits per heavy atom. The molecule has 8 heteroatoms. The van der Waals surface area contributed by atoms with E-state index >= 15 is 0 Å². The van der Waals surface area contributed by atoms with Crippen molar-refractivity contribution >= 4 is 21.9 Å². The molecule has 1 fully saturated rings. The van der Waals surface area contributed by atoms with Gasteiger partial charge < -0.3 is 10.0 Å². The van der Waals surface area contributed by atoms with Gasteiger partial charge in [0.15, 0.2) is 0 Å². The van der Waals surface area contributed by atoms with Crippen molar-refractivity contribution in [2.45, 2.75) is 51.0 Å². The molecule has 1 heterocycles. The Morgan fingerprint density at radius 3 is 2.48 bits per heavy atom. The standard InChI is InChI=1S/C19H28N2O5S/c1-4-15(3)21(13-18(22)23)19(24)16-6-5-11-20(12-16)27(25,26)17-9-7-14(2)8-10-17/h7-10,15-16H,4-6,11-13H2,1-3H3,(H,22,23). The van der Waals surface area contributed by atoms with Gasteiger partial charge in [0.2, 0.25) is 15.9 Å². The summed E-state index contributed by atoms with van der Waals surface area (Å²) < 4.78 is 27.2. The van der Waals surface area contributed by atoms with E-state index in [1.807, 2.05) is 20.8 Å². The highest BCUT2D eigenvalue weighted by Crippen LogP contribution is 2.26. The maximum atomic E-state index is 12.9. The average molecular weight is 397 g/mol. The van der Waals surface area contributed by atoms with E-state index in [1.165, 1.54) is 9.21 Å². The minimum absolute atomic E-state index is 0.0849. The van der Waals surface area contributed by atoms with Crippen LogP contribution in [-0.4, -0.2) is 60.3 Å². The number of sulfonamides is 1. The number of aryl methyl sites for hydroxylation is 1. The second kappa shape index (κ2) is 8.84. The van der Waals surface area contributed by atoms with E-state index in [4.69, 9.17) is 5.11 Å². The molecule has 0 aromatic heterocycles. The molecular weight excluding hydrogens is 368 g/mol. The number of carboxylic acid groups (broad SMARTS) is 1. The first-order chi connectivity index (χ1) is 12.7. The number of hydrogen-bond donors (Lipinski definition) is 1. The molecule has 1 aliphatic heterocycles. The second-order valence-electron chi connectivity index (χ2n) is 7.13. The Labute approximate surface area is 161 Å². The van der Waals surface area contributed by atoms with Gasteiger partial charge in [0.1, 0.15) is 6.54 Å². The van der Waals surface area contributed by atoms with Crippen molar-refractivity contribution < 1.29 is 23.1 Å². The van der Waals surface area contributed by atoms with Crippen LogP contribution in [0.1, 0.15) is 38.7 Å². The van der Waals surface area contributed by atoms with Gasteiger partial charge in [-0.3, -0.25) is 9.59 Å². The molecule has 7 nitrogen and oxygen atoms in total. The molecule has 0 aliphatic carbocycles. The molecule has 2 atom stereocenters. The molecule has 1 amide bonds. The summed E-state index contributed by atoms with van der Waals surface area (Å²) >= 11 is 0. The Morgan fingerprint density at radius 2 is 1.93 bits per heavy atom. The molecule has 2 unspecified atom stereocenters. The van der Waals surface area contributed by atoms with Crippen molar-refractivity contribution in [1.82, 2.24) is 9.21 Å². The smallest absolute Gasteiger partial charge is 0.323 e. The van der Waals surface area contributed by atoms with Crippen LogP contribution in [0.4, 0.5) is 0 Å². The molecule has 1 aromatic rings. The first-order valence-electron chi connectivity index (χ1n) is 9.26. The van der Waals surface area contributed by atoms with Crippen LogP contribution in [0.15, 0.2) is 29.2 Å². The van der Waals surface area contributed by atoms with E-state index in [0.29, 0.717) is 25.8 Å². The Hall–Kier alpha value is -1.93. The van der Waals surface area contributed by atoms with E-state index in [-0.39, 0.29) is 29.9 Å². The Balaban J connectivity index is 2.19. The topological polar surface area (TPSA) is 95.0 Å². The van der Waals surface area contributed by atoms with Crippen LogP contribution >= 0.6 is 0 Å². The number of benzene rings is 1. The molecule has 150 valence electrons. The molecule has 1 aliphatic rings. The summed E-state index contributed by atoms with van der Waals surface area (Å²) in [6.45, 7) is 5.67. The van der Waals surface area contributed by atoms with Crippen LogP contribution in [0.3, 0.4) is 0 Å². The highest BCUT2D eigenvalue weighted by molar-refractivity contribution is 7.89. The number of carboxylic acids is 1. The van der Waals surface area contributed by atoms with E-state index in [1.54, 1.807) is 24.3 Å². The number of hydrogen-bond acceptors (Lipinski definition) is 4. The van der Waals surface area contributed by atoms with Crippen LogP contribution in [0.5, 0.6) is 0 Å². The predicted octanol–water partition coefficient (Wildman–Crippen LogP) is 2.11. The molecule has 2 rings (SSSR count). The molecule has 1 N–H and O–H groups in total. The molecule has 0 bridgehead atoms. The normalized spacial score (nSPS) is 19.4. The summed E-state index contributed by atoms with van der Waals surface area (Å²) in [4.78, 5) is 25.7. The van der Waals surface area contributed by atoms with Gasteiger partial charge in [-0.25, -0.2) is 8.42 Å². The van der Waals surface area contributed by atoms with Crippen LogP contribution in [0.25, 0.3) is 0 Å². The zero-order chi connectivity index (χ0) is 20.2. The number of carbonyl (C=O) groups is 2. The van der Waals surface area contributed by atoms with Gasteiger partial charge in [0, 0.05) is 19.1 Å². The number of piperidine rings is 1. The fourth-order valence-electron chi connectivity index (χ4n) is 3.27. The minimum Gasteiger partial charge on any atom is -0.480 e. The number of rotatable bonds is 7. The molecule has 0 spiro atoms. The predicted molar refractivity (Wildman–Crippen MR) is 102 cm³/mol. The lowest BCUT2D eigenvalue weighted by Gasteiger charge is -2.36. The molecule has 27 heavy (non-hydrogen) atoms. The van der Waals surface area contributed by atoms with Crippen molar-refractivity contribution in [3.63, 3.8) is 0 Å². The molecular formula is C19H28N2O5S. The van der Waals surface area contributed by atoms with Crippen LogP contribution < -0.4 is 0 Å². The number of aliphatic carboxylic acids is 1. The van der Waals surface area contributed by atoms with E-state index in [0.717, 1.165) is 5.56 Å². The fraction of sp³-hybridized carbons (Fsp3) is 0.579. The first kappa shape index (κ1) is 21.4. The Kier molecular flexibility index (Phi) is 7.00. The fourth-order valence-corrected chi connectivity index (χ4v) is 4.80. The lowest BCUT2D eigenvalue weighted by molar-refractivity contribution is -0.148. The van der Waals surface area contributed by atoms with Gasteiger partial charge in [-0.05, 0) is 45.2 Å². The number of carbonyl (C=O) groups excluding carboxylic acids is 1. The van der Waals surface area contributed by atoms with Crippen molar-refractivity contribution in [2.24, 2.45) is 5.92 Å². The van der Waals surface area contributed by atoms with Gasteiger partial charge in [-0.15, -0.1) is 0 Å². The third-order valence-electron chi connectivity index (χ3n) is 5.10. The second-order valence-corrected chi connectivity index (χ2v) is 9.07. The van der Waals surface area contributed by atoms with Gasteiger partial charge in [-0.2, -0.15) is 4.31 Å². The number of amides is 1. The summed E-state index contributed by atoms with van der Waals surface area (Å²) in [5.74, 6) is -1.87. The molecule has 0 radical (unpaired) electrons. The largest absolute Gasteiger partial charge is 0.480 e. The van der Waals surface area contributed by atoms with Gasteiger partial charge in [0.25, 0.3) is 0 Å². The SMILES string of the molecule is CCC(C)N(CC(=O)O)C(=O)C1CCCN(S(=O)(=O)c2ccc(C)cc2)C1. The summed E-state index contributed by atoms with van der Waals surface area (Å²) in [6.07, 6.45) is 1.77. The zero-order valence-electron chi connectivity index (χ0n) is 16.1. The highest BCUT2D eigenvalue weighted by atomic mass is 32.2. The van der Waals surface area contributed by atoms with Crippen LogP contribution in [-0.2, 0) is 19.6 Å². The molecule has 1 saturated heterocycles. The lowest BCUT2D eigenvalue weighted by Crippen LogP contribution is -2.50. The minimum atomic E-state index is -3.67. The van der Waals surface area contributed by atoms with E-state index in [9.17, 15) is 18.0 Å². The van der Waals surface area contributed by atoms with Crippen molar-refractivity contribution in [3.05, 3.63) is 29.8 Å². The zero-order valence-corrected chi connectivity index (χ0v) is 16.9. The quantitative estimate of drug-likeness (QED) is 0.762. The monoisotopic (exact) mass is 396 g/mol. The average Bonchev–Trinajstić information content (AvgIpc) is 2.65. The summed E-state index contributed by atoms with van der Waals surface area (Å²) in [5.41, 5.74) is 0.971. The highest BCUT2D eigenvalue weighted by Gasteiger charge is 2.36. The summed E-state index contributed by atoms with van der Waals surface area (Å²) in [6, 6.07) is 6.43. The first-order valence-corrected chi connectivity index (χ1v) is 10.7.